The average Bonchev–Trinajstić information content (AvgIpc) is 2.73. The Balaban J connectivity index is 2.46. The summed E-state index contributed by atoms with van der Waals surface area (Å²) in [5.41, 5.74) is 8.80. The van der Waals surface area contributed by atoms with Gasteiger partial charge in [0.2, 0.25) is 0 Å². The minimum absolute atomic E-state index is 0.147. The lowest BCUT2D eigenvalue weighted by atomic mass is 10.3. The number of thioether (sulfide) groups is 1. The van der Waals surface area contributed by atoms with Crippen molar-refractivity contribution in [2.24, 2.45) is 5.73 Å². The molecular formula is C13H17N3OS. The first-order valence-electron chi connectivity index (χ1n) is 5.85. The largest absolute Gasteiger partial charge is 0.396 e. The van der Waals surface area contributed by atoms with Crippen molar-refractivity contribution in [3.05, 3.63) is 41.6 Å². The van der Waals surface area contributed by atoms with E-state index >= 15 is 0 Å². The number of aliphatic hydroxyl groups excluding tert-OH is 1. The molecule has 4 nitrogen and oxygen atoms in total. The standard InChI is InChI=1S/C13H17N3OS/c1-10-12(9-14)13(18-8-7-17)16(15-10)11-5-3-2-4-6-11/h2-6,17H,7-9,14H2,1H3. The van der Waals surface area contributed by atoms with Crippen LogP contribution in [0.3, 0.4) is 0 Å². The van der Waals surface area contributed by atoms with E-state index in [1.807, 2.05) is 41.9 Å². The molecule has 0 aliphatic heterocycles. The van der Waals surface area contributed by atoms with E-state index in [9.17, 15) is 0 Å². The van der Waals surface area contributed by atoms with Crippen LogP contribution in [0.25, 0.3) is 5.69 Å². The van der Waals surface area contributed by atoms with Gasteiger partial charge >= 0.3 is 0 Å². The number of nitrogens with two attached hydrogens (primary N) is 1. The number of aromatic nitrogens is 2. The van der Waals surface area contributed by atoms with Gasteiger partial charge < -0.3 is 10.8 Å². The average molecular weight is 263 g/mol. The van der Waals surface area contributed by atoms with Gasteiger partial charge in [0.25, 0.3) is 0 Å². The molecule has 1 aromatic carbocycles. The number of aryl methyl sites for hydroxylation is 1. The zero-order valence-electron chi connectivity index (χ0n) is 10.3. The molecule has 0 aliphatic carbocycles. The predicted molar refractivity (Wildman–Crippen MR) is 74.0 cm³/mol. The minimum Gasteiger partial charge on any atom is -0.396 e. The molecule has 0 aliphatic rings. The normalized spacial score (nSPS) is 10.8. The van der Waals surface area contributed by atoms with Crippen LogP contribution < -0.4 is 5.73 Å². The van der Waals surface area contributed by atoms with Crippen molar-refractivity contribution in [2.75, 3.05) is 12.4 Å². The van der Waals surface area contributed by atoms with Crippen molar-refractivity contribution in [1.29, 1.82) is 0 Å². The van der Waals surface area contributed by atoms with Gasteiger partial charge in [0, 0.05) is 17.9 Å². The summed E-state index contributed by atoms with van der Waals surface area (Å²) in [6, 6.07) is 9.96. The van der Waals surface area contributed by atoms with E-state index in [1.165, 1.54) is 0 Å². The second kappa shape index (κ2) is 6.04. The Bertz CT molecular complexity index is 510. The fraction of sp³-hybridized carbons (Fsp3) is 0.308. The molecule has 18 heavy (non-hydrogen) atoms. The van der Waals surface area contributed by atoms with Gasteiger partial charge in [-0.25, -0.2) is 4.68 Å². The smallest absolute Gasteiger partial charge is 0.105 e. The summed E-state index contributed by atoms with van der Waals surface area (Å²) >= 11 is 1.58. The molecule has 0 atom stereocenters. The maximum Gasteiger partial charge on any atom is 0.105 e. The summed E-state index contributed by atoms with van der Waals surface area (Å²) in [4.78, 5) is 0. The molecule has 2 aromatic rings. The zero-order chi connectivity index (χ0) is 13.0. The van der Waals surface area contributed by atoms with Gasteiger partial charge in [-0.15, -0.1) is 11.8 Å². The van der Waals surface area contributed by atoms with Crippen LogP contribution in [0.5, 0.6) is 0 Å². The Labute approximate surface area is 111 Å². The quantitative estimate of drug-likeness (QED) is 0.806. The molecule has 0 unspecified atom stereocenters. The minimum atomic E-state index is 0.147. The van der Waals surface area contributed by atoms with E-state index < -0.39 is 0 Å². The second-order valence-corrected chi connectivity index (χ2v) is 4.98. The topological polar surface area (TPSA) is 64.1 Å². The van der Waals surface area contributed by atoms with Gasteiger partial charge in [-0.1, -0.05) is 18.2 Å². The molecule has 0 radical (unpaired) electrons. The fourth-order valence-electron chi connectivity index (χ4n) is 1.81. The molecule has 2 rings (SSSR count). The maximum atomic E-state index is 8.98. The van der Waals surface area contributed by atoms with Crippen LogP contribution in [0.2, 0.25) is 0 Å². The van der Waals surface area contributed by atoms with E-state index in [0.717, 1.165) is 22.0 Å². The van der Waals surface area contributed by atoms with Crippen LogP contribution in [0, 0.1) is 6.92 Å². The van der Waals surface area contributed by atoms with E-state index in [-0.39, 0.29) is 6.61 Å². The Hall–Kier alpha value is -1.30. The molecular weight excluding hydrogens is 246 g/mol. The molecule has 0 bridgehead atoms. The lowest BCUT2D eigenvalue weighted by Gasteiger charge is -2.07. The first-order chi connectivity index (χ1) is 8.77. The predicted octanol–water partition coefficient (Wildman–Crippen LogP) is 1.72. The molecule has 1 aromatic heterocycles. The monoisotopic (exact) mass is 263 g/mol. The Morgan fingerprint density at radius 1 is 1.33 bits per heavy atom. The third-order valence-electron chi connectivity index (χ3n) is 2.67. The number of benzene rings is 1. The number of aliphatic hydroxyl groups is 1. The van der Waals surface area contributed by atoms with Crippen molar-refractivity contribution < 1.29 is 5.11 Å². The highest BCUT2D eigenvalue weighted by molar-refractivity contribution is 7.99. The molecule has 0 spiro atoms. The van der Waals surface area contributed by atoms with Gasteiger partial charge in [0.15, 0.2) is 0 Å². The van der Waals surface area contributed by atoms with Crippen LogP contribution >= 0.6 is 11.8 Å². The van der Waals surface area contributed by atoms with Crippen molar-refractivity contribution >= 4 is 11.8 Å². The summed E-state index contributed by atoms with van der Waals surface area (Å²) in [6.45, 7) is 2.57. The van der Waals surface area contributed by atoms with Crippen molar-refractivity contribution in [1.82, 2.24) is 9.78 Å². The highest BCUT2D eigenvalue weighted by atomic mass is 32.2. The van der Waals surface area contributed by atoms with Crippen LogP contribution in [-0.4, -0.2) is 27.2 Å². The lowest BCUT2D eigenvalue weighted by molar-refractivity contribution is 0.322. The molecule has 0 saturated heterocycles. The summed E-state index contributed by atoms with van der Waals surface area (Å²) in [6.07, 6.45) is 0. The molecule has 1 heterocycles. The molecule has 0 fully saturated rings. The third kappa shape index (κ3) is 2.58. The highest BCUT2D eigenvalue weighted by Crippen LogP contribution is 2.27. The van der Waals surface area contributed by atoms with Gasteiger partial charge in [0.05, 0.1) is 18.0 Å². The summed E-state index contributed by atoms with van der Waals surface area (Å²) in [5.74, 6) is 0.644. The Morgan fingerprint density at radius 2 is 2.06 bits per heavy atom. The first kappa shape index (κ1) is 13.1. The first-order valence-corrected chi connectivity index (χ1v) is 6.84. The van der Waals surface area contributed by atoms with Gasteiger partial charge in [-0.05, 0) is 19.1 Å². The van der Waals surface area contributed by atoms with Gasteiger partial charge in [0.1, 0.15) is 5.03 Å². The van der Waals surface area contributed by atoms with Crippen LogP contribution in [0.1, 0.15) is 11.3 Å². The third-order valence-corrected chi connectivity index (χ3v) is 3.75. The molecule has 0 amide bonds. The summed E-state index contributed by atoms with van der Waals surface area (Å²) in [7, 11) is 0. The van der Waals surface area contributed by atoms with E-state index in [1.54, 1.807) is 11.8 Å². The highest BCUT2D eigenvalue weighted by Gasteiger charge is 2.15. The zero-order valence-corrected chi connectivity index (χ0v) is 11.2. The summed E-state index contributed by atoms with van der Waals surface area (Å²) < 4.78 is 1.90. The molecule has 5 heteroatoms. The lowest BCUT2D eigenvalue weighted by Crippen LogP contribution is -2.02. The van der Waals surface area contributed by atoms with E-state index in [0.29, 0.717) is 12.3 Å². The van der Waals surface area contributed by atoms with Gasteiger partial charge in [-0.3, -0.25) is 0 Å². The van der Waals surface area contributed by atoms with E-state index in [2.05, 4.69) is 5.10 Å². The maximum absolute atomic E-state index is 8.98. The molecule has 0 saturated carbocycles. The Morgan fingerprint density at radius 3 is 2.67 bits per heavy atom. The van der Waals surface area contributed by atoms with E-state index in [4.69, 9.17) is 10.8 Å². The SMILES string of the molecule is Cc1nn(-c2ccccc2)c(SCCO)c1CN. The van der Waals surface area contributed by atoms with Crippen LogP contribution in [-0.2, 0) is 6.54 Å². The van der Waals surface area contributed by atoms with Crippen molar-refractivity contribution in [3.8, 4) is 5.69 Å². The van der Waals surface area contributed by atoms with Crippen molar-refractivity contribution in [3.63, 3.8) is 0 Å². The van der Waals surface area contributed by atoms with Crippen LogP contribution in [0.4, 0.5) is 0 Å². The number of hydrogen-bond acceptors (Lipinski definition) is 4. The fourth-order valence-corrected chi connectivity index (χ4v) is 2.77. The number of rotatable bonds is 5. The number of nitrogens with zero attached hydrogens (tertiary/aromatic N) is 2. The van der Waals surface area contributed by atoms with Crippen LogP contribution in [0.15, 0.2) is 35.4 Å². The molecule has 3 N–H and O–H groups in total. The number of hydrogen-bond donors (Lipinski definition) is 2. The second-order valence-electron chi connectivity index (χ2n) is 3.89. The summed E-state index contributed by atoms with van der Waals surface area (Å²) in [5, 5.41) is 14.5. The Kier molecular flexibility index (Phi) is 4.41. The number of para-hydroxylation sites is 1. The van der Waals surface area contributed by atoms with Gasteiger partial charge in [-0.2, -0.15) is 5.10 Å². The molecule has 96 valence electrons. The van der Waals surface area contributed by atoms with Crippen molar-refractivity contribution in [2.45, 2.75) is 18.5 Å².